The zero-order chi connectivity index (χ0) is 15.5. The second-order valence-electron chi connectivity index (χ2n) is 6.66. The lowest BCUT2D eigenvalue weighted by Gasteiger charge is -2.49. The molecule has 2 N–H and O–H groups in total. The minimum absolute atomic E-state index is 0.122. The van der Waals surface area contributed by atoms with E-state index in [0.29, 0.717) is 5.54 Å². The molecule has 2 rings (SSSR count). The van der Waals surface area contributed by atoms with Gasteiger partial charge in [0.1, 0.15) is 0 Å². The molecule has 1 aromatic carbocycles. The van der Waals surface area contributed by atoms with Gasteiger partial charge in [0, 0.05) is 22.6 Å². The molecule has 1 aliphatic carbocycles. The van der Waals surface area contributed by atoms with Gasteiger partial charge in [-0.2, -0.15) is 0 Å². The van der Waals surface area contributed by atoms with E-state index in [2.05, 4.69) is 71.1 Å². The fraction of sp³-hybridized carbons (Fsp3) is 0.647. The highest BCUT2D eigenvalue weighted by atomic mass is 79.9. The molecule has 118 valence electrons. The van der Waals surface area contributed by atoms with Crippen LogP contribution in [-0.4, -0.2) is 49.6 Å². The van der Waals surface area contributed by atoms with Crippen molar-refractivity contribution in [3.63, 3.8) is 0 Å². The van der Waals surface area contributed by atoms with Gasteiger partial charge in [0.05, 0.1) is 0 Å². The van der Waals surface area contributed by atoms with E-state index in [4.69, 9.17) is 5.73 Å². The molecular weight excluding hydrogens is 326 g/mol. The third-order valence-electron chi connectivity index (χ3n) is 4.92. The van der Waals surface area contributed by atoms with E-state index in [-0.39, 0.29) is 6.04 Å². The Kier molecular flexibility index (Phi) is 5.83. The summed E-state index contributed by atoms with van der Waals surface area (Å²) < 4.78 is 1.11. The third kappa shape index (κ3) is 4.28. The van der Waals surface area contributed by atoms with Crippen LogP contribution in [0.2, 0.25) is 0 Å². The molecule has 0 spiro atoms. The molecule has 0 heterocycles. The van der Waals surface area contributed by atoms with E-state index in [1.807, 2.05) is 0 Å². The van der Waals surface area contributed by atoms with Gasteiger partial charge < -0.3 is 15.5 Å². The molecule has 1 atom stereocenters. The van der Waals surface area contributed by atoms with Crippen LogP contribution >= 0.6 is 15.9 Å². The van der Waals surface area contributed by atoms with Gasteiger partial charge in [-0.05, 0) is 71.1 Å². The van der Waals surface area contributed by atoms with Crippen LogP contribution < -0.4 is 5.73 Å². The zero-order valence-corrected chi connectivity index (χ0v) is 15.1. The molecule has 0 radical (unpaired) electrons. The fourth-order valence-electron chi connectivity index (χ4n) is 3.15. The number of benzene rings is 1. The van der Waals surface area contributed by atoms with Gasteiger partial charge in [-0.15, -0.1) is 0 Å². The number of nitrogens with zero attached hydrogens (tertiary/aromatic N) is 2. The largest absolute Gasteiger partial charge is 0.324 e. The van der Waals surface area contributed by atoms with Crippen LogP contribution in [0, 0.1) is 0 Å². The minimum Gasteiger partial charge on any atom is -0.324 e. The van der Waals surface area contributed by atoms with E-state index < -0.39 is 0 Å². The zero-order valence-electron chi connectivity index (χ0n) is 13.5. The number of hydrogen-bond donors (Lipinski definition) is 1. The van der Waals surface area contributed by atoms with Gasteiger partial charge in [-0.1, -0.05) is 28.1 Å². The highest BCUT2D eigenvalue weighted by Gasteiger charge is 2.39. The Morgan fingerprint density at radius 1 is 1.19 bits per heavy atom. The van der Waals surface area contributed by atoms with Crippen molar-refractivity contribution in [1.82, 2.24) is 9.80 Å². The van der Waals surface area contributed by atoms with Crippen LogP contribution in [0.3, 0.4) is 0 Å². The van der Waals surface area contributed by atoms with Crippen molar-refractivity contribution in [3.8, 4) is 0 Å². The van der Waals surface area contributed by atoms with Crippen molar-refractivity contribution in [2.75, 3.05) is 34.2 Å². The second kappa shape index (κ2) is 7.23. The first kappa shape index (κ1) is 16.9. The monoisotopic (exact) mass is 353 g/mol. The summed E-state index contributed by atoms with van der Waals surface area (Å²) in [6, 6.07) is 8.48. The quantitative estimate of drug-likeness (QED) is 0.816. The van der Waals surface area contributed by atoms with Crippen molar-refractivity contribution in [2.45, 2.75) is 37.3 Å². The van der Waals surface area contributed by atoms with E-state index in [0.717, 1.165) is 24.0 Å². The molecule has 1 unspecified atom stereocenters. The first-order chi connectivity index (χ1) is 9.93. The van der Waals surface area contributed by atoms with Crippen molar-refractivity contribution >= 4 is 15.9 Å². The topological polar surface area (TPSA) is 32.5 Å². The Morgan fingerprint density at radius 3 is 2.29 bits per heavy atom. The van der Waals surface area contributed by atoms with Gasteiger partial charge in [0.15, 0.2) is 0 Å². The summed E-state index contributed by atoms with van der Waals surface area (Å²) in [5.41, 5.74) is 7.93. The molecule has 1 saturated carbocycles. The summed E-state index contributed by atoms with van der Waals surface area (Å²) in [5.74, 6) is 0. The molecule has 1 aromatic rings. The first-order valence-electron chi connectivity index (χ1n) is 7.80. The maximum absolute atomic E-state index is 6.31. The predicted molar refractivity (Wildman–Crippen MR) is 93.5 cm³/mol. The number of halogens is 1. The number of rotatable bonds is 7. The molecule has 21 heavy (non-hydrogen) atoms. The fourth-order valence-corrected chi connectivity index (χ4v) is 3.41. The molecule has 1 fully saturated rings. The first-order valence-corrected chi connectivity index (χ1v) is 8.59. The maximum atomic E-state index is 6.31. The van der Waals surface area contributed by atoms with Crippen LogP contribution in [0.1, 0.15) is 37.3 Å². The van der Waals surface area contributed by atoms with Gasteiger partial charge in [0.25, 0.3) is 0 Å². The third-order valence-corrected chi connectivity index (χ3v) is 5.45. The standard InChI is InChI=1S/C17H28BrN3/c1-20(2)17(10-4-11-17)13-21(3)12-9-16(19)14-5-7-15(18)8-6-14/h5-8,16H,4,9-13,19H2,1-3H3. The predicted octanol–water partition coefficient (Wildman–Crippen LogP) is 3.26. The summed E-state index contributed by atoms with van der Waals surface area (Å²) in [7, 11) is 6.64. The molecule has 3 nitrogen and oxygen atoms in total. The van der Waals surface area contributed by atoms with Crippen molar-refractivity contribution < 1.29 is 0 Å². The Morgan fingerprint density at radius 2 is 1.81 bits per heavy atom. The Balaban J connectivity index is 1.80. The highest BCUT2D eigenvalue weighted by Crippen LogP contribution is 2.36. The van der Waals surface area contributed by atoms with Gasteiger partial charge in [-0.3, -0.25) is 0 Å². The smallest absolute Gasteiger partial charge is 0.0330 e. The number of likely N-dealkylation sites (N-methyl/N-ethyl adjacent to an activating group) is 2. The van der Waals surface area contributed by atoms with Crippen LogP contribution in [0.15, 0.2) is 28.7 Å². The Hall–Kier alpha value is -0.420. The molecule has 1 aliphatic rings. The van der Waals surface area contributed by atoms with Crippen LogP contribution in [0.25, 0.3) is 0 Å². The van der Waals surface area contributed by atoms with Crippen LogP contribution in [0.4, 0.5) is 0 Å². The molecule has 0 aromatic heterocycles. The molecule has 0 aliphatic heterocycles. The van der Waals surface area contributed by atoms with Gasteiger partial charge in [0.2, 0.25) is 0 Å². The molecule has 0 saturated heterocycles. The molecule has 4 heteroatoms. The average molecular weight is 354 g/mol. The van der Waals surface area contributed by atoms with Crippen molar-refractivity contribution in [1.29, 1.82) is 0 Å². The van der Waals surface area contributed by atoms with Crippen molar-refractivity contribution in [2.24, 2.45) is 5.73 Å². The summed E-state index contributed by atoms with van der Waals surface area (Å²) in [6.45, 7) is 2.19. The summed E-state index contributed by atoms with van der Waals surface area (Å²) in [5, 5.41) is 0. The maximum Gasteiger partial charge on any atom is 0.0330 e. The number of nitrogens with two attached hydrogens (primary N) is 1. The van der Waals surface area contributed by atoms with E-state index in [1.165, 1.54) is 24.8 Å². The molecule has 0 bridgehead atoms. The molecule has 0 amide bonds. The van der Waals surface area contributed by atoms with Gasteiger partial charge in [-0.25, -0.2) is 0 Å². The normalized spacial score (nSPS) is 18.8. The van der Waals surface area contributed by atoms with E-state index in [1.54, 1.807) is 0 Å². The summed E-state index contributed by atoms with van der Waals surface area (Å²) in [4.78, 5) is 4.85. The minimum atomic E-state index is 0.122. The van der Waals surface area contributed by atoms with Crippen LogP contribution in [0.5, 0.6) is 0 Å². The van der Waals surface area contributed by atoms with E-state index >= 15 is 0 Å². The second-order valence-corrected chi connectivity index (χ2v) is 7.57. The Bertz CT molecular complexity index is 440. The summed E-state index contributed by atoms with van der Waals surface area (Å²) >= 11 is 3.46. The SMILES string of the molecule is CN(CCC(N)c1ccc(Br)cc1)CC1(N(C)C)CCC1. The van der Waals surface area contributed by atoms with Crippen molar-refractivity contribution in [3.05, 3.63) is 34.3 Å². The lowest BCUT2D eigenvalue weighted by Crippen LogP contribution is -2.56. The lowest BCUT2D eigenvalue weighted by molar-refractivity contribution is 0.0272. The van der Waals surface area contributed by atoms with E-state index in [9.17, 15) is 0 Å². The van der Waals surface area contributed by atoms with Gasteiger partial charge >= 0.3 is 0 Å². The lowest BCUT2D eigenvalue weighted by atomic mass is 9.75. The highest BCUT2D eigenvalue weighted by molar-refractivity contribution is 9.10. The molecular formula is C17H28BrN3. The number of hydrogen-bond acceptors (Lipinski definition) is 3. The van der Waals surface area contributed by atoms with Crippen LogP contribution in [-0.2, 0) is 0 Å². The average Bonchev–Trinajstić information content (AvgIpc) is 2.40. The Labute approximate surface area is 137 Å². The summed E-state index contributed by atoms with van der Waals surface area (Å²) in [6.07, 6.45) is 5.01.